The number of fused-ring (bicyclic) bond motifs is 1. The van der Waals surface area contributed by atoms with Gasteiger partial charge < -0.3 is 5.73 Å². The molecule has 3 N–H and O–H groups in total. The molecule has 0 fully saturated rings. The summed E-state index contributed by atoms with van der Waals surface area (Å²) in [5.74, 6) is 0.608. The normalized spacial score (nSPS) is 11.6. The molecule has 104 valence electrons. The van der Waals surface area contributed by atoms with E-state index < -0.39 is 0 Å². The van der Waals surface area contributed by atoms with Crippen LogP contribution < -0.4 is 11.2 Å². The Balaban J connectivity index is 1.90. The smallest absolute Gasteiger partial charge is 0.176 e. The van der Waals surface area contributed by atoms with Crippen LogP contribution in [0.25, 0.3) is 10.8 Å². The number of benzene rings is 1. The largest absolute Gasteiger partial charge is 0.399 e. The zero-order valence-corrected chi connectivity index (χ0v) is 11.5. The first kappa shape index (κ1) is 13.0. The Morgan fingerprint density at radius 3 is 2.95 bits per heavy atom. The van der Waals surface area contributed by atoms with Gasteiger partial charge in [-0.1, -0.05) is 24.3 Å². The van der Waals surface area contributed by atoms with Gasteiger partial charge in [0.25, 0.3) is 0 Å². The van der Waals surface area contributed by atoms with Crippen LogP contribution in [0, 0.1) is 0 Å². The molecule has 0 radical (unpaired) electrons. The standard InChI is InChI=1S/C15H14N6/c1-10(14-8-12(16)6-7-17-14)19-21-15-13-5-3-2-4-11(13)9-18-20-15/h2-9H,1H3,(H2,16,17)(H,20,21). The Hall–Kier alpha value is -3.02. The first-order chi connectivity index (χ1) is 10.2. The molecule has 0 spiro atoms. The molecule has 21 heavy (non-hydrogen) atoms. The number of hydrogen-bond donors (Lipinski definition) is 2. The van der Waals surface area contributed by atoms with E-state index in [9.17, 15) is 0 Å². The average molecular weight is 278 g/mol. The maximum atomic E-state index is 5.74. The number of hydrogen-bond acceptors (Lipinski definition) is 6. The van der Waals surface area contributed by atoms with E-state index in [0.29, 0.717) is 11.5 Å². The summed E-state index contributed by atoms with van der Waals surface area (Å²) >= 11 is 0. The van der Waals surface area contributed by atoms with Crippen LogP contribution in [0.15, 0.2) is 53.9 Å². The van der Waals surface area contributed by atoms with Crippen molar-refractivity contribution < 1.29 is 0 Å². The number of pyridine rings is 1. The van der Waals surface area contributed by atoms with Crippen molar-refractivity contribution in [3.63, 3.8) is 0 Å². The summed E-state index contributed by atoms with van der Waals surface area (Å²) in [4.78, 5) is 4.23. The number of anilines is 2. The molecule has 3 rings (SSSR count). The first-order valence-corrected chi connectivity index (χ1v) is 6.46. The van der Waals surface area contributed by atoms with Crippen LogP contribution in [0.2, 0.25) is 0 Å². The van der Waals surface area contributed by atoms with Gasteiger partial charge in [-0.15, -0.1) is 5.10 Å². The minimum absolute atomic E-state index is 0.608. The summed E-state index contributed by atoms with van der Waals surface area (Å²) in [5, 5.41) is 14.3. The molecule has 0 atom stereocenters. The van der Waals surface area contributed by atoms with Crippen LogP contribution in [0.5, 0.6) is 0 Å². The molecule has 6 nitrogen and oxygen atoms in total. The maximum Gasteiger partial charge on any atom is 0.176 e. The van der Waals surface area contributed by atoms with E-state index >= 15 is 0 Å². The fraction of sp³-hybridized carbons (Fsp3) is 0.0667. The molecule has 1 aromatic carbocycles. The predicted molar refractivity (Wildman–Crippen MR) is 84.0 cm³/mol. The maximum absolute atomic E-state index is 5.74. The lowest BCUT2D eigenvalue weighted by atomic mass is 10.2. The quantitative estimate of drug-likeness (QED) is 0.567. The van der Waals surface area contributed by atoms with Crippen LogP contribution in [-0.2, 0) is 0 Å². The van der Waals surface area contributed by atoms with Gasteiger partial charge in [-0.25, -0.2) is 0 Å². The third-order valence-corrected chi connectivity index (χ3v) is 3.05. The summed E-state index contributed by atoms with van der Waals surface area (Å²) in [6, 6.07) is 11.4. The van der Waals surface area contributed by atoms with E-state index in [-0.39, 0.29) is 0 Å². The van der Waals surface area contributed by atoms with Crippen LogP contribution in [-0.4, -0.2) is 20.9 Å². The van der Waals surface area contributed by atoms with Crippen LogP contribution in [0.4, 0.5) is 11.5 Å². The third kappa shape index (κ3) is 2.79. The minimum Gasteiger partial charge on any atom is -0.399 e. The zero-order chi connectivity index (χ0) is 14.7. The molecule has 0 aliphatic carbocycles. The lowest BCUT2D eigenvalue weighted by molar-refractivity contribution is 1.04. The van der Waals surface area contributed by atoms with Gasteiger partial charge in [0.1, 0.15) is 0 Å². The van der Waals surface area contributed by atoms with Crippen molar-refractivity contribution in [1.29, 1.82) is 0 Å². The van der Waals surface area contributed by atoms with Crippen molar-refractivity contribution in [2.24, 2.45) is 5.10 Å². The minimum atomic E-state index is 0.608. The molecule has 2 heterocycles. The summed E-state index contributed by atoms with van der Waals surface area (Å²) in [6.07, 6.45) is 3.37. The van der Waals surface area contributed by atoms with Crippen molar-refractivity contribution in [3.05, 3.63) is 54.5 Å². The second kappa shape index (κ2) is 5.54. The zero-order valence-electron chi connectivity index (χ0n) is 11.5. The number of hydrazone groups is 1. The highest BCUT2D eigenvalue weighted by molar-refractivity contribution is 5.98. The Bertz CT molecular complexity index is 807. The third-order valence-electron chi connectivity index (χ3n) is 3.05. The molecule has 6 heteroatoms. The lowest BCUT2D eigenvalue weighted by Gasteiger charge is -2.05. The van der Waals surface area contributed by atoms with Crippen molar-refractivity contribution in [2.45, 2.75) is 6.92 Å². The number of aromatic nitrogens is 3. The summed E-state index contributed by atoms with van der Waals surface area (Å²) in [5.41, 5.74) is 10.8. The molecule has 2 aromatic heterocycles. The highest BCUT2D eigenvalue weighted by Crippen LogP contribution is 2.19. The van der Waals surface area contributed by atoms with Gasteiger partial charge in [0.05, 0.1) is 17.6 Å². The number of nitrogens with one attached hydrogen (secondary N) is 1. The molecule has 0 saturated heterocycles. The van der Waals surface area contributed by atoms with Crippen LogP contribution in [0.1, 0.15) is 12.6 Å². The van der Waals surface area contributed by atoms with E-state index in [1.165, 1.54) is 0 Å². The highest BCUT2D eigenvalue weighted by atomic mass is 15.3. The molecular formula is C15H14N6. The number of nitrogens with two attached hydrogens (primary N) is 1. The fourth-order valence-corrected chi connectivity index (χ4v) is 1.95. The van der Waals surface area contributed by atoms with Crippen LogP contribution >= 0.6 is 0 Å². The summed E-state index contributed by atoms with van der Waals surface area (Å²) in [7, 11) is 0. The first-order valence-electron chi connectivity index (χ1n) is 6.46. The highest BCUT2D eigenvalue weighted by Gasteiger charge is 2.03. The van der Waals surface area contributed by atoms with Crippen molar-refractivity contribution in [3.8, 4) is 0 Å². The summed E-state index contributed by atoms with van der Waals surface area (Å²) < 4.78 is 0. The van der Waals surface area contributed by atoms with E-state index in [1.807, 2.05) is 31.2 Å². The second-order valence-electron chi connectivity index (χ2n) is 4.56. The van der Waals surface area contributed by atoms with Gasteiger partial charge in [0, 0.05) is 22.7 Å². The molecule has 0 bridgehead atoms. The van der Waals surface area contributed by atoms with E-state index in [4.69, 9.17) is 5.73 Å². The van der Waals surface area contributed by atoms with Crippen molar-refractivity contribution >= 4 is 28.0 Å². The predicted octanol–water partition coefficient (Wildman–Crippen LogP) is 2.44. The van der Waals surface area contributed by atoms with Crippen molar-refractivity contribution in [2.75, 3.05) is 11.2 Å². The van der Waals surface area contributed by atoms with Gasteiger partial charge in [0.15, 0.2) is 5.82 Å². The summed E-state index contributed by atoms with van der Waals surface area (Å²) in [6.45, 7) is 1.85. The van der Waals surface area contributed by atoms with Gasteiger partial charge in [0.2, 0.25) is 0 Å². The molecule has 0 unspecified atom stereocenters. The van der Waals surface area contributed by atoms with Gasteiger partial charge in [-0.3, -0.25) is 10.4 Å². The SMILES string of the molecule is CC(=NNc1nncc2ccccc12)c1cc(N)ccn1. The average Bonchev–Trinajstić information content (AvgIpc) is 2.52. The molecule has 0 saturated carbocycles. The van der Waals surface area contributed by atoms with Gasteiger partial charge in [-0.2, -0.15) is 10.2 Å². The molecular weight excluding hydrogens is 264 g/mol. The number of nitrogen functional groups attached to an aromatic ring is 1. The monoisotopic (exact) mass is 278 g/mol. The van der Waals surface area contributed by atoms with E-state index in [0.717, 1.165) is 22.2 Å². The van der Waals surface area contributed by atoms with E-state index in [2.05, 4.69) is 25.7 Å². The Labute approximate surface area is 121 Å². The molecule has 3 aromatic rings. The second-order valence-corrected chi connectivity index (χ2v) is 4.56. The Morgan fingerprint density at radius 1 is 1.24 bits per heavy atom. The lowest BCUT2D eigenvalue weighted by Crippen LogP contribution is -2.04. The molecule has 0 aliphatic rings. The van der Waals surface area contributed by atoms with Crippen LogP contribution in [0.3, 0.4) is 0 Å². The Kier molecular flexibility index (Phi) is 3.42. The topological polar surface area (TPSA) is 89.1 Å². The molecule has 0 amide bonds. The van der Waals surface area contributed by atoms with Gasteiger partial charge >= 0.3 is 0 Å². The van der Waals surface area contributed by atoms with Crippen molar-refractivity contribution in [1.82, 2.24) is 15.2 Å². The number of nitrogens with zero attached hydrogens (tertiary/aromatic N) is 4. The van der Waals surface area contributed by atoms with E-state index in [1.54, 1.807) is 24.5 Å². The number of rotatable bonds is 3. The Morgan fingerprint density at radius 2 is 2.10 bits per heavy atom. The fourth-order valence-electron chi connectivity index (χ4n) is 1.95. The molecule has 0 aliphatic heterocycles. The van der Waals surface area contributed by atoms with Gasteiger partial charge in [-0.05, 0) is 19.1 Å².